The number of nitriles is 1. The van der Waals surface area contributed by atoms with Crippen LogP contribution in [0.5, 0.6) is 34.5 Å². The molecular formula is C84H98N6O16S. The smallest absolute Gasteiger partial charge is 0.410 e. The number of rotatable bonds is 14. The van der Waals surface area contributed by atoms with Crippen molar-refractivity contribution in [2.75, 3.05) is 48.4 Å². The lowest BCUT2D eigenvalue weighted by molar-refractivity contribution is -0.131. The van der Waals surface area contributed by atoms with Crippen molar-refractivity contribution >= 4 is 39.6 Å². The highest BCUT2D eigenvalue weighted by atomic mass is 32.2. The molecule has 107 heavy (non-hydrogen) atoms. The molecule has 0 radical (unpaired) electrons. The van der Waals surface area contributed by atoms with Crippen molar-refractivity contribution in [1.82, 2.24) is 14.7 Å². The first-order chi connectivity index (χ1) is 51.0. The second-order valence-corrected chi connectivity index (χ2v) is 29.9. The van der Waals surface area contributed by atoms with Gasteiger partial charge in [-0.15, -0.1) is 6.42 Å². The fourth-order valence-corrected chi connectivity index (χ4v) is 14.9. The third kappa shape index (κ3) is 24.1. The number of fused-ring (bicyclic) bond motifs is 6. The fraction of sp³-hybridized carbons (Fsp3) is 0.429. The molecule has 23 heteroatoms. The van der Waals surface area contributed by atoms with Crippen LogP contribution in [0.4, 0.5) is 21.0 Å². The largest absolute Gasteiger partial charge is 0.508 e. The van der Waals surface area contributed by atoms with Crippen molar-refractivity contribution in [3.8, 4) is 98.8 Å². The van der Waals surface area contributed by atoms with Crippen LogP contribution < -0.4 is 23.7 Å². The van der Waals surface area contributed by atoms with E-state index in [1.807, 2.05) is 161 Å². The first kappa shape index (κ1) is 83.4. The maximum Gasteiger partial charge on any atom is 0.410 e. The van der Waals surface area contributed by atoms with Crippen molar-refractivity contribution in [1.29, 1.82) is 5.26 Å². The molecule has 6 aliphatic rings. The van der Waals surface area contributed by atoms with Crippen LogP contribution >= 0.6 is 0 Å². The Bertz CT molecular complexity index is 4340. The van der Waals surface area contributed by atoms with Gasteiger partial charge in [-0.05, 0) is 188 Å². The Morgan fingerprint density at radius 3 is 1.22 bits per heavy atom. The van der Waals surface area contributed by atoms with Gasteiger partial charge in [0.05, 0.1) is 65.6 Å². The molecule has 6 unspecified atom stereocenters. The Kier molecular flexibility index (Phi) is 30.4. The second-order valence-electron chi connectivity index (χ2n) is 28.3. The van der Waals surface area contributed by atoms with Crippen LogP contribution in [0.1, 0.15) is 124 Å². The normalized spacial score (nSPS) is 20.4. The van der Waals surface area contributed by atoms with E-state index in [0.717, 1.165) is 115 Å². The monoisotopic (exact) mass is 1480 g/mol. The van der Waals surface area contributed by atoms with Crippen molar-refractivity contribution in [2.45, 2.75) is 184 Å². The quantitative estimate of drug-likeness (QED) is 0.0461. The van der Waals surface area contributed by atoms with Crippen LogP contribution in [-0.4, -0.2) is 160 Å². The Balaban J connectivity index is 0.000000196. The van der Waals surface area contributed by atoms with E-state index in [1.54, 1.807) is 57.6 Å². The third-order valence-electron chi connectivity index (χ3n) is 18.3. The van der Waals surface area contributed by atoms with Gasteiger partial charge >= 0.3 is 12.2 Å². The molecule has 6 aromatic carbocycles. The van der Waals surface area contributed by atoms with Crippen molar-refractivity contribution in [3.63, 3.8) is 0 Å². The molecule has 6 heterocycles. The van der Waals surface area contributed by atoms with E-state index in [-0.39, 0.29) is 78.4 Å². The molecule has 6 atom stereocenters. The van der Waals surface area contributed by atoms with Crippen LogP contribution in [0.3, 0.4) is 0 Å². The highest BCUT2D eigenvalue weighted by molar-refractivity contribution is 7.86. The molecule has 6 aromatic rings. The number of ether oxygens (including phenoxy) is 9. The summed E-state index contributed by atoms with van der Waals surface area (Å²) in [5, 5.41) is 18.4. The lowest BCUT2D eigenvalue weighted by Gasteiger charge is -2.39. The average Bonchev–Trinajstić information content (AvgIpc) is 1.67. The van der Waals surface area contributed by atoms with Crippen molar-refractivity contribution < 1.29 is 74.7 Å². The molecule has 0 aliphatic carbocycles. The zero-order valence-electron chi connectivity index (χ0n) is 63.1. The predicted octanol–water partition coefficient (Wildman–Crippen LogP) is 16.5. The van der Waals surface area contributed by atoms with Crippen LogP contribution in [0, 0.1) is 49.3 Å². The van der Waals surface area contributed by atoms with Gasteiger partial charge in [-0.25, -0.2) is 19.3 Å². The van der Waals surface area contributed by atoms with E-state index in [9.17, 15) is 27.9 Å². The van der Waals surface area contributed by atoms with E-state index < -0.39 is 21.3 Å². The van der Waals surface area contributed by atoms with Crippen LogP contribution in [0.15, 0.2) is 140 Å². The van der Waals surface area contributed by atoms with E-state index in [2.05, 4.69) is 38.1 Å². The summed E-state index contributed by atoms with van der Waals surface area (Å²) in [5.74, 6) is 5.97. The number of aromatic hydroxyl groups is 1. The number of para-hydroxylation sites is 3. The van der Waals surface area contributed by atoms with E-state index in [0.29, 0.717) is 53.6 Å². The van der Waals surface area contributed by atoms with Crippen molar-refractivity contribution in [3.05, 3.63) is 168 Å². The second kappa shape index (κ2) is 38.9. The number of hydrogen-bond acceptors (Lipinski definition) is 17. The molecule has 6 bridgehead atoms. The molecule has 0 saturated carbocycles. The summed E-state index contributed by atoms with van der Waals surface area (Å²) in [5.41, 5.74) is 5.71. The predicted molar refractivity (Wildman–Crippen MR) is 411 cm³/mol. The topological polar surface area (TPSA) is 240 Å². The highest BCUT2D eigenvalue weighted by Gasteiger charge is 2.48. The third-order valence-corrected chi connectivity index (χ3v) is 18.9. The van der Waals surface area contributed by atoms with Gasteiger partial charge in [0.25, 0.3) is 10.1 Å². The summed E-state index contributed by atoms with van der Waals surface area (Å²) in [7, 11) is 4.44. The number of carbonyl (C=O) groups is 3. The number of hydrogen-bond donors (Lipinski definition) is 1. The minimum absolute atomic E-state index is 0.00214. The summed E-state index contributed by atoms with van der Waals surface area (Å²) in [6, 6.07) is 41.7. The van der Waals surface area contributed by atoms with Gasteiger partial charge < -0.3 is 62.4 Å². The van der Waals surface area contributed by atoms with Crippen LogP contribution in [0.2, 0.25) is 0 Å². The molecule has 1 N–H and O–H groups in total. The minimum Gasteiger partial charge on any atom is -0.508 e. The van der Waals surface area contributed by atoms with Crippen LogP contribution in [0.25, 0.3) is 43.1 Å². The number of phenols is 1. The molecule has 566 valence electrons. The number of amides is 3. The lowest BCUT2D eigenvalue weighted by Crippen LogP contribution is -2.50. The van der Waals surface area contributed by atoms with Gasteiger partial charge in [0.2, 0.25) is 5.91 Å². The molecule has 22 nitrogen and oxygen atoms in total. The highest BCUT2D eigenvalue weighted by Crippen LogP contribution is 2.44. The Hall–Kier alpha value is -10.9. The lowest BCUT2D eigenvalue weighted by atomic mass is 9.99. The Morgan fingerprint density at radius 2 is 0.925 bits per heavy atom. The van der Waals surface area contributed by atoms with E-state index in [4.69, 9.17) is 62.2 Å². The minimum atomic E-state index is -3.44. The Labute approximate surface area is 631 Å². The van der Waals surface area contributed by atoms with Gasteiger partial charge in [-0.2, -0.15) is 13.7 Å². The number of benzene rings is 6. The van der Waals surface area contributed by atoms with Gasteiger partial charge in [-0.3, -0.25) is 8.98 Å². The summed E-state index contributed by atoms with van der Waals surface area (Å²) < 4.78 is 76.0. The number of methoxy groups -OCH3 is 5. The molecule has 0 aromatic heterocycles. The van der Waals surface area contributed by atoms with Gasteiger partial charge in [0.15, 0.2) is 11.4 Å². The fourth-order valence-electron chi connectivity index (χ4n) is 14.3. The summed E-state index contributed by atoms with van der Waals surface area (Å²) in [6.07, 6.45) is 22.9. The number of terminal acetylenes is 2. The SMILES string of the molecule is C#CCOC.C#COC.CC(C)(C)OC(=O)N1C2CCC1CC(OS(C)(=O)=O)C2.COc1ccccc1-c1cc(O)cc(C#N)c1.[C-]#[N+]c1cc(OC2CC3CCC(C2)N3C(=O)C=C)cc(-c2ccccc2OC)c1.[C-]#[N+]c1cc(OC2CC3CCC(C2)N3C(=O)OC(C)(C)C)cc(-c2ccccc2OC)c1. The molecule has 6 aliphatic heterocycles. The maximum atomic E-state index is 12.7. The average molecular weight is 1480 g/mol. The Morgan fingerprint density at radius 1 is 0.570 bits per heavy atom. The first-order valence-corrected chi connectivity index (χ1v) is 37.1. The number of piperidine rings is 3. The molecule has 0 spiro atoms. The first-order valence-electron chi connectivity index (χ1n) is 35.3. The number of nitrogens with zero attached hydrogens (tertiary/aromatic N) is 6. The summed E-state index contributed by atoms with van der Waals surface area (Å²) in [4.78, 5) is 50.0. The molecule has 6 saturated heterocycles. The molecule has 6 fully saturated rings. The van der Waals surface area contributed by atoms with Gasteiger partial charge in [-0.1, -0.05) is 73.5 Å². The molecular weight excluding hydrogens is 1380 g/mol. The van der Waals surface area contributed by atoms with Gasteiger partial charge in [0, 0.05) is 85.7 Å². The number of carbonyl (C=O) groups excluding carboxylic acids is 3. The summed E-state index contributed by atoms with van der Waals surface area (Å²) >= 11 is 0. The zero-order chi connectivity index (χ0) is 78.2. The summed E-state index contributed by atoms with van der Waals surface area (Å²) in [6.45, 7) is 30.2. The zero-order valence-corrected chi connectivity index (χ0v) is 63.9. The molecule has 3 amide bonds. The number of phenolic OH excluding ortho intramolecular Hbond substituents is 1. The molecule has 12 rings (SSSR count). The van der Waals surface area contributed by atoms with E-state index >= 15 is 0 Å². The standard InChI is InChI=1S/C26H30N2O4.C24H24N2O3.C14H11NO2.C13H23NO5S.C4H6O.C3H4O/c1-26(2,3)32-25(29)28-19-10-11-20(28)16-22(15-19)31-21-13-17(12-18(14-21)27-4)23-8-6-7-9-24(23)30-5;1-4-24(27)26-18-9-10-19(26)15-21(14-18)29-20-12-16(11-17(13-20)25-2)22-7-5-6-8-23(22)28-3;1-17-14-5-3-2-4-13(14)11-6-10(9-15)7-12(16)8-11;1-13(2,3)18-12(15)14-9-5-6-10(14)8-11(7-9)19-20(4,16)17;1-3-4-5-2;1-3-4-2/h6-9,12-14,19-20,22H,10-11,15-16H2,1-3,5H3;4-8,11-13,18-19,21H,1,9-10,14-15H2,3H3;2-8,16H,1H3;9-11H,5-8H2,1-4H3;1H,4H2,2H3;1H,2H3. The van der Waals surface area contributed by atoms with Crippen molar-refractivity contribution in [2.24, 2.45) is 0 Å². The maximum absolute atomic E-state index is 12.7. The van der Waals surface area contributed by atoms with Gasteiger partial charge in [0.1, 0.15) is 70.6 Å². The van der Waals surface area contributed by atoms with E-state index in [1.165, 1.54) is 19.3 Å². The van der Waals surface area contributed by atoms with Crippen LogP contribution in [-0.2, 0) is 38.0 Å².